The molecule has 4 aliphatic rings. The third-order valence-electron chi connectivity index (χ3n) is 11.3. The normalized spacial score (nSPS) is 26.2. The molecule has 240 valence electrons. The van der Waals surface area contributed by atoms with Crippen LogP contribution in [-0.2, 0) is 15.0 Å². The highest BCUT2D eigenvalue weighted by Crippen LogP contribution is 2.58. The van der Waals surface area contributed by atoms with E-state index in [0.717, 1.165) is 81.1 Å². The van der Waals surface area contributed by atoms with Gasteiger partial charge >= 0.3 is 5.97 Å². The molecular formula is C37H48N4O4. The molecule has 0 atom stereocenters. The minimum atomic E-state index is -0.747. The molecule has 2 aromatic heterocycles. The number of carbonyl (C=O) groups is 2. The fourth-order valence-corrected chi connectivity index (χ4v) is 8.34. The Labute approximate surface area is 267 Å². The summed E-state index contributed by atoms with van der Waals surface area (Å²) in [4.78, 5) is 32.6. The lowest BCUT2D eigenvalue weighted by molar-refractivity contribution is -0.138. The molecule has 3 aromatic rings. The van der Waals surface area contributed by atoms with Crippen LogP contribution in [0.25, 0.3) is 11.1 Å². The maximum Gasteiger partial charge on any atom is 0.303 e. The zero-order valence-electron chi connectivity index (χ0n) is 27.3. The molecule has 0 spiro atoms. The number of benzene rings is 1. The monoisotopic (exact) mass is 612 g/mol. The number of aromatic nitrogens is 3. The molecule has 0 radical (unpaired) electrons. The average Bonchev–Trinajstić information content (AvgIpc) is 3.56. The number of hydrogen-bond donors (Lipinski definition) is 1. The van der Waals surface area contributed by atoms with Crippen molar-refractivity contribution in [2.24, 2.45) is 17.3 Å². The minimum absolute atomic E-state index is 0.0691. The fraction of sp³-hybridized carbons (Fsp3) is 0.568. The summed E-state index contributed by atoms with van der Waals surface area (Å²) in [5, 5.41) is 13.8. The van der Waals surface area contributed by atoms with Gasteiger partial charge in [-0.2, -0.15) is 5.10 Å². The highest BCUT2D eigenvalue weighted by Gasteiger charge is 2.51. The Morgan fingerprint density at radius 1 is 1.02 bits per heavy atom. The molecule has 0 unspecified atom stereocenters. The summed E-state index contributed by atoms with van der Waals surface area (Å²) < 4.78 is 7.49. The van der Waals surface area contributed by atoms with Gasteiger partial charge in [0.1, 0.15) is 11.6 Å². The Balaban J connectivity index is 1.25. The smallest absolute Gasteiger partial charge is 0.303 e. The molecule has 2 bridgehead atoms. The minimum Gasteiger partial charge on any atom is -0.496 e. The van der Waals surface area contributed by atoms with Crippen LogP contribution >= 0.6 is 0 Å². The van der Waals surface area contributed by atoms with Gasteiger partial charge in [0.2, 0.25) is 5.91 Å². The number of pyridine rings is 1. The van der Waals surface area contributed by atoms with Gasteiger partial charge in [-0.15, -0.1) is 0 Å². The van der Waals surface area contributed by atoms with E-state index >= 15 is 0 Å². The van der Waals surface area contributed by atoms with Crippen LogP contribution in [-0.4, -0.2) is 45.4 Å². The first-order valence-electron chi connectivity index (χ1n) is 16.8. The number of ether oxygens (including phenoxy) is 1. The van der Waals surface area contributed by atoms with Gasteiger partial charge in [-0.25, -0.2) is 4.98 Å². The molecule has 4 aliphatic carbocycles. The Kier molecular flexibility index (Phi) is 8.77. The van der Waals surface area contributed by atoms with E-state index in [2.05, 4.69) is 56.3 Å². The molecule has 1 aromatic carbocycles. The van der Waals surface area contributed by atoms with Crippen LogP contribution in [0.2, 0.25) is 0 Å². The first-order valence-corrected chi connectivity index (χ1v) is 16.8. The molecule has 7 rings (SSSR count). The quantitative estimate of drug-likeness (QED) is 0.251. The number of aryl methyl sites for hydroxylation is 1. The van der Waals surface area contributed by atoms with E-state index in [9.17, 15) is 14.7 Å². The summed E-state index contributed by atoms with van der Waals surface area (Å²) in [5.74, 6) is 1.10. The van der Waals surface area contributed by atoms with E-state index in [1.165, 1.54) is 11.1 Å². The second kappa shape index (κ2) is 12.6. The molecule has 0 aliphatic heterocycles. The number of carboxylic acids is 1. The summed E-state index contributed by atoms with van der Waals surface area (Å²) in [6.45, 7) is 7.03. The van der Waals surface area contributed by atoms with Crippen molar-refractivity contribution in [2.45, 2.75) is 103 Å². The predicted molar refractivity (Wildman–Crippen MR) is 175 cm³/mol. The first-order chi connectivity index (χ1) is 21.6. The summed E-state index contributed by atoms with van der Waals surface area (Å²) in [6, 6.07) is 11.0. The van der Waals surface area contributed by atoms with Crippen molar-refractivity contribution in [1.82, 2.24) is 14.8 Å². The van der Waals surface area contributed by atoms with E-state index in [4.69, 9.17) is 9.72 Å². The van der Waals surface area contributed by atoms with Crippen molar-refractivity contribution < 1.29 is 19.4 Å². The zero-order chi connectivity index (χ0) is 31.8. The van der Waals surface area contributed by atoms with Crippen LogP contribution < -0.4 is 9.64 Å². The van der Waals surface area contributed by atoms with Crippen LogP contribution in [0.15, 0.2) is 48.9 Å². The van der Waals surface area contributed by atoms with E-state index in [1.54, 1.807) is 7.11 Å². The van der Waals surface area contributed by atoms with Gasteiger partial charge < -0.3 is 9.84 Å². The van der Waals surface area contributed by atoms with Crippen molar-refractivity contribution in [3.63, 3.8) is 0 Å². The number of hydrogen-bond acceptors (Lipinski definition) is 5. The number of aliphatic carboxylic acids is 1. The molecule has 8 nitrogen and oxygen atoms in total. The molecule has 1 amide bonds. The van der Waals surface area contributed by atoms with Crippen molar-refractivity contribution in [3.05, 3.63) is 60.0 Å². The van der Waals surface area contributed by atoms with Gasteiger partial charge in [-0.3, -0.25) is 19.2 Å². The second-order valence-electron chi connectivity index (χ2n) is 14.4. The SMILES string of the molecule is COc1ccc(C23CCC(CN(c4cc(-c5cnn(C(C)C)c5)ccn4)C(=O)[C@H]4CC[C@H](CC(=O)O)CC4)(CC2)CC3)cc1C. The van der Waals surface area contributed by atoms with Gasteiger partial charge in [-0.05, 0) is 137 Å². The number of rotatable bonds is 10. The molecule has 1 N–H and O–H groups in total. The third-order valence-corrected chi connectivity index (χ3v) is 11.3. The third kappa shape index (κ3) is 6.38. The lowest BCUT2D eigenvalue weighted by Crippen LogP contribution is -2.52. The van der Waals surface area contributed by atoms with Gasteiger partial charge in [-0.1, -0.05) is 12.1 Å². The molecule has 45 heavy (non-hydrogen) atoms. The zero-order valence-corrected chi connectivity index (χ0v) is 27.3. The van der Waals surface area contributed by atoms with E-state index in [-0.39, 0.29) is 41.0 Å². The fourth-order valence-electron chi connectivity index (χ4n) is 8.34. The lowest BCUT2D eigenvalue weighted by atomic mass is 9.51. The Hall–Kier alpha value is -3.68. The molecule has 4 saturated carbocycles. The van der Waals surface area contributed by atoms with Crippen LogP contribution in [0.4, 0.5) is 5.82 Å². The number of anilines is 1. The number of fused-ring (bicyclic) bond motifs is 3. The predicted octanol–water partition coefficient (Wildman–Crippen LogP) is 7.75. The maximum atomic E-state index is 14.4. The number of nitrogens with zero attached hydrogens (tertiary/aromatic N) is 4. The maximum absolute atomic E-state index is 14.4. The van der Waals surface area contributed by atoms with Crippen molar-refractivity contribution in [2.75, 3.05) is 18.6 Å². The molecule has 0 saturated heterocycles. The van der Waals surface area contributed by atoms with Crippen LogP contribution in [0, 0.1) is 24.2 Å². The van der Waals surface area contributed by atoms with Gasteiger partial charge in [0, 0.05) is 42.9 Å². The molecule has 8 heteroatoms. The summed E-state index contributed by atoms with van der Waals surface area (Å²) in [6.07, 6.45) is 15.7. The van der Waals surface area contributed by atoms with Crippen molar-refractivity contribution in [3.8, 4) is 16.9 Å². The summed E-state index contributed by atoms with van der Waals surface area (Å²) >= 11 is 0. The van der Waals surface area contributed by atoms with Crippen LogP contribution in [0.3, 0.4) is 0 Å². The molecule has 4 fully saturated rings. The lowest BCUT2D eigenvalue weighted by Gasteiger charge is -2.55. The van der Waals surface area contributed by atoms with Crippen molar-refractivity contribution in [1.29, 1.82) is 0 Å². The van der Waals surface area contributed by atoms with E-state index < -0.39 is 5.97 Å². The second-order valence-corrected chi connectivity index (χ2v) is 14.4. The first kappa shape index (κ1) is 31.3. The topological polar surface area (TPSA) is 97.5 Å². The molecular weight excluding hydrogens is 564 g/mol. The number of amides is 1. The van der Waals surface area contributed by atoms with E-state index in [0.29, 0.717) is 12.4 Å². The molecule has 2 heterocycles. The average molecular weight is 613 g/mol. The Bertz CT molecular complexity index is 1510. The number of methoxy groups -OCH3 is 1. The number of carboxylic acid groups (broad SMARTS) is 1. The van der Waals surface area contributed by atoms with E-state index in [1.807, 2.05) is 28.0 Å². The van der Waals surface area contributed by atoms with Crippen LogP contribution in [0.1, 0.15) is 102 Å². The highest BCUT2D eigenvalue weighted by atomic mass is 16.5. The summed E-state index contributed by atoms with van der Waals surface area (Å²) in [5.41, 5.74) is 4.91. The van der Waals surface area contributed by atoms with Gasteiger partial charge in [0.05, 0.1) is 13.3 Å². The van der Waals surface area contributed by atoms with Crippen LogP contribution in [0.5, 0.6) is 5.75 Å². The standard InChI is InChI=1S/C37H48N4O4/c1-25(2)41-23-30(22-39-41)29-11-18-38-33(21-29)40(35(44)28-7-5-27(6-8-28)20-34(42)43)24-36-12-15-37(16-13-36,17-14-36)31-9-10-32(45-4)26(3)19-31/h9-11,18-19,21-23,25,27-28H,5-8,12-17,20,24H2,1-4H3,(H,42,43)/t27-,28-,36?,37?. The summed E-state index contributed by atoms with van der Waals surface area (Å²) in [7, 11) is 1.73. The highest BCUT2D eigenvalue weighted by molar-refractivity contribution is 5.95. The van der Waals surface area contributed by atoms with Gasteiger partial charge in [0.15, 0.2) is 0 Å². The Morgan fingerprint density at radius 2 is 1.73 bits per heavy atom. The van der Waals surface area contributed by atoms with Crippen molar-refractivity contribution >= 4 is 17.7 Å². The number of carbonyl (C=O) groups excluding carboxylic acids is 1. The van der Waals surface area contributed by atoms with Gasteiger partial charge in [0.25, 0.3) is 0 Å². The largest absolute Gasteiger partial charge is 0.496 e. The Morgan fingerprint density at radius 3 is 2.33 bits per heavy atom.